The van der Waals surface area contributed by atoms with Gasteiger partial charge in [-0.2, -0.15) is 0 Å². The fourth-order valence-corrected chi connectivity index (χ4v) is 1.70. The van der Waals surface area contributed by atoms with Crippen molar-refractivity contribution >= 4 is 27.9 Å². The van der Waals surface area contributed by atoms with Gasteiger partial charge in [0.1, 0.15) is 0 Å². The molecule has 8 heteroatoms. The molecule has 14 heavy (non-hydrogen) atoms. The van der Waals surface area contributed by atoms with E-state index in [1.807, 2.05) is 0 Å². The van der Waals surface area contributed by atoms with Gasteiger partial charge in [0.15, 0.2) is 0 Å². The van der Waals surface area contributed by atoms with Crippen LogP contribution in [0.15, 0.2) is 16.5 Å². The molecule has 0 saturated heterocycles. The number of hydrogen-bond donors (Lipinski definition) is 0. The van der Waals surface area contributed by atoms with Gasteiger partial charge in [-0.1, -0.05) is 16.4 Å². The standard InChI is InChI=1S/C6H2ClN3O3S/c7-6-9-8-5(13-6)3-1-2-4(14-3)10(11)12/h1-2H. The molecule has 0 unspecified atom stereocenters. The highest BCUT2D eigenvalue weighted by Gasteiger charge is 2.15. The maximum absolute atomic E-state index is 10.4. The van der Waals surface area contributed by atoms with E-state index in [-0.39, 0.29) is 16.2 Å². The second kappa shape index (κ2) is 3.35. The van der Waals surface area contributed by atoms with Crippen LogP contribution in [-0.4, -0.2) is 15.1 Å². The third kappa shape index (κ3) is 1.59. The van der Waals surface area contributed by atoms with Crippen molar-refractivity contribution in [2.24, 2.45) is 0 Å². The third-order valence-corrected chi connectivity index (χ3v) is 2.56. The van der Waals surface area contributed by atoms with Crippen molar-refractivity contribution in [3.8, 4) is 10.8 Å². The summed E-state index contributed by atoms with van der Waals surface area (Å²) in [5.41, 5.74) is 0. The Balaban J connectivity index is 2.38. The van der Waals surface area contributed by atoms with E-state index >= 15 is 0 Å². The normalized spacial score (nSPS) is 10.4. The molecule has 0 aliphatic rings. The topological polar surface area (TPSA) is 82.1 Å². The van der Waals surface area contributed by atoms with Crippen LogP contribution in [0.4, 0.5) is 5.00 Å². The van der Waals surface area contributed by atoms with Crippen LogP contribution in [0.25, 0.3) is 10.8 Å². The molecule has 6 nitrogen and oxygen atoms in total. The summed E-state index contributed by atoms with van der Waals surface area (Å²) < 4.78 is 4.89. The van der Waals surface area contributed by atoms with Crippen LogP contribution in [0, 0.1) is 10.1 Å². The SMILES string of the molecule is O=[N+]([O-])c1ccc(-c2nnc(Cl)o2)s1. The highest BCUT2D eigenvalue weighted by atomic mass is 35.5. The van der Waals surface area contributed by atoms with E-state index < -0.39 is 4.92 Å². The fraction of sp³-hybridized carbons (Fsp3) is 0. The molecule has 2 rings (SSSR count). The average Bonchev–Trinajstić information content (AvgIpc) is 2.70. The first-order valence-electron chi connectivity index (χ1n) is 3.40. The van der Waals surface area contributed by atoms with Crippen LogP contribution in [0.1, 0.15) is 0 Å². The summed E-state index contributed by atoms with van der Waals surface area (Å²) in [6, 6.07) is 2.91. The molecular formula is C6H2ClN3O3S. The predicted molar refractivity (Wildman–Crippen MR) is 49.3 cm³/mol. The van der Waals surface area contributed by atoms with Gasteiger partial charge in [0.2, 0.25) is 0 Å². The molecule has 0 N–H and O–H groups in total. The van der Waals surface area contributed by atoms with Gasteiger partial charge in [0, 0.05) is 6.07 Å². The lowest BCUT2D eigenvalue weighted by molar-refractivity contribution is -0.380. The first-order chi connectivity index (χ1) is 6.66. The van der Waals surface area contributed by atoms with E-state index in [0.29, 0.717) is 4.88 Å². The van der Waals surface area contributed by atoms with Gasteiger partial charge in [0.25, 0.3) is 5.89 Å². The molecular weight excluding hydrogens is 230 g/mol. The molecule has 0 fully saturated rings. The Bertz CT molecular complexity index is 480. The number of rotatable bonds is 2. The minimum absolute atomic E-state index is 0.0225. The van der Waals surface area contributed by atoms with Gasteiger partial charge in [-0.25, -0.2) is 0 Å². The monoisotopic (exact) mass is 231 g/mol. The minimum Gasteiger partial charge on any atom is -0.407 e. The maximum atomic E-state index is 10.4. The summed E-state index contributed by atoms with van der Waals surface area (Å²) in [7, 11) is 0. The number of nitrogens with zero attached hydrogens (tertiary/aromatic N) is 3. The first-order valence-corrected chi connectivity index (χ1v) is 4.60. The van der Waals surface area contributed by atoms with Gasteiger partial charge in [0.05, 0.1) is 9.80 Å². The lowest BCUT2D eigenvalue weighted by Gasteiger charge is -1.83. The van der Waals surface area contributed by atoms with Crippen molar-refractivity contribution < 1.29 is 9.34 Å². The van der Waals surface area contributed by atoms with Crippen LogP contribution >= 0.6 is 22.9 Å². The zero-order valence-electron chi connectivity index (χ0n) is 6.51. The van der Waals surface area contributed by atoms with Crippen LogP contribution in [-0.2, 0) is 0 Å². The largest absolute Gasteiger partial charge is 0.407 e. The zero-order chi connectivity index (χ0) is 10.1. The van der Waals surface area contributed by atoms with Crippen LogP contribution < -0.4 is 0 Å². The van der Waals surface area contributed by atoms with Gasteiger partial charge in [-0.15, -0.1) is 5.10 Å². The van der Waals surface area contributed by atoms with Crippen molar-refractivity contribution in [1.82, 2.24) is 10.2 Å². The predicted octanol–water partition coefficient (Wildman–Crippen LogP) is 2.36. The molecule has 0 aliphatic heterocycles. The summed E-state index contributed by atoms with van der Waals surface area (Å²) in [5.74, 6) is 0.188. The Morgan fingerprint density at radius 3 is 2.79 bits per heavy atom. The molecule has 0 spiro atoms. The Kier molecular flexibility index (Phi) is 2.18. The fourth-order valence-electron chi connectivity index (χ4n) is 0.846. The Morgan fingerprint density at radius 2 is 2.29 bits per heavy atom. The number of aromatic nitrogens is 2. The zero-order valence-corrected chi connectivity index (χ0v) is 8.08. The van der Waals surface area contributed by atoms with Crippen molar-refractivity contribution in [2.45, 2.75) is 0 Å². The summed E-state index contributed by atoms with van der Waals surface area (Å²) in [4.78, 5) is 10.4. The molecule has 0 amide bonds. The summed E-state index contributed by atoms with van der Waals surface area (Å²) in [6.45, 7) is 0. The average molecular weight is 232 g/mol. The second-order valence-electron chi connectivity index (χ2n) is 2.26. The number of hydrogen-bond acceptors (Lipinski definition) is 6. The molecule has 72 valence electrons. The Morgan fingerprint density at radius 1 is 1.50 bits per heavy atom. The summed E-state index contributed by atoms with van der Waals surface area (Å²) in [5, 5.41) is 17.3. The van der Waals surface area contributed by atoms with Gasteiger partial charge < -0.3 is 4.42 Å². The van der Waals surface area contributed by atoms with Crippen molar-refractivity contribution in [1.29, 1.82) is 0 Å². The molecule has 0 aliphatic carbocycles. The van der Waals surface area contributed by atoms with Gasteiger partial charge in [-0.05, 0) is 17.7 Å². The van der Waals surface area contributed by atoms with Crippen molar-refractivity contribution in [2.75, 3.05) is 0 Å². The van der Waals surface area contributed by atoms with Gasteiger partial charge >= 0.3 is 10.4 Å². The van der Waals surface area contributed by atoms with Crippen molar-refractivity contribution in [3.05, 3.63) is 27.6 Å². The highest BCUT2D eigenvalue weighted by molar-refractivity contribution is 7.18. The van der Waals surface area contributed by atoms with Crippen LogP contribution in [0.3, 0.4) is 0 Å². The Hall–Kier alpha value is -1.47. The summed E-state index contributed by atoms with van der Waals surface area (Å²) in [6.07, 6.45) is 0. The second-order valence-corrected chi connectivity index (χ2v) is 3.64. The molecule has 2 aromatic heterocycles. The lowest BCUT2D eigenvalue weighted by Crippen LogP contribution is -1.80. The maximum Gasteiger partial charge on any atom is 0.324 e. The molecule has 2 aromatic rings. The minimum atomic E-state index is -0.480. The number of nitro groups is 1. The molecule has 0 aromatic carbocycles. The van der Waals surface area contributed by atoms with Gasteiger partial charge in [-0.3, -0.25) is 10.1 Å². The molecule has 0 radical (unpaired) electrons. The van der Waals surface area contributed by atoms with E-state index in [1.165, 1.54) is 12.1 Å². The first kappa shape index (κ1) is 9.10. The highest BCUT2D eigenvalue weighted by Crippen LogP contribution is 2.32. The van der Waals surface area contributed by atoms with E-state index in [1.54, 1.807) is 0 Å². The molecule has 0 bridgehead atoms. The van der Waals surface area contributed by atoms with Crippen molar-refractivity contribution in [3.63, 3.8) is 0 Å². The quantitative estimate of drug-likeness (QED) is 0.585. The van der Waals surface area contributed by atoms with E-state index in [0.717, 1.165) is 11.3 Å². The Labute approximate surface area is 86.3 Å². The molecule has 0 atom stereocenters. The van der Waals surface area contributed by atoms with Crippen LogP contribution in [0.5, 0.6) is 0 Å². The number of thiophene rings is 1. The van der Waals surface area contributed by atoms with E-state index in [9.17, 15) is 10.1 Å². The summed E-state index contributed by atoms with van der Waals surface area (Å²) >= 11 is 6.36. The smallest absolute Gasteiger partial charge is 0.324 e. The van der Waals surface area contributed by atoms with Crippen LogP contribution in [0.2, 0.25) is 5.35 Å². The van der Waals surface area contributed by atoms with E-state index in [2.05, 4.69) is 10.2 Å². The lowest BCUT2D eigenvalue weighted by atomic mass is 10.5. The molecule has 0 saturated carbocycles. The number of halogens is 1. The third-order valence-electron chi connectivity index (χ3n) is 1.38. The molecule has 2 heterocycles. The van der Waals surface area contributed by atoms with E-state index in [4.69, 9.17) is 16.0 Å².